The highest BCUT2D eigenvalue weighted by Crippen LogP contribution is 2.30. The molecule has 0 bridgehead atoms. The second kappa shape index (κ2) is 6.45. The molecule has 0 aliphatic carbocycles. The normalized spacial score (nSPS) is 11.0. The standard InChI is InChI=1S/C14H16FN3O3/c1-9(2)16-6-5-14-17-8-13(21-14)11-7-10(15)3-4-12(11)18(19)20/h3-4,7-9,16H,5-6H2,1-2H3. The molecule has 2 rings (SSSR count). The van der Waals surface area contributed by atoms with Crippen LogP contribution in [0.1, 0.15) is 19.7 Å². The van der Waals surface area contributed by atoms with Crippen LogP contribution in [0.2, 0.25) is 0 Å². The van der Waals surface area contributed by atoms with E-state index in [1.807, 2.05) is 13.8 Å². The van der Waals surface area contributed by atoms with E-state index in [0.29, 0.717) is 24.9 Å². The summed E-state index contributed by atoms with van der Waals surface area (Å²) in [6, 6.07) is 3.59. The maximum Gasteiger partial charge on any atom is 0.280 e. The fourth-order valence-electron chi connectivity index (χ4n) is 1.88. The number of nitro benzene ring substituents is 1. The minimum Gasteiger partial charge on any atom is -0.440 e. The smallest absolute Gasteiger partial charge is 0.280 e. The maximum absolute atomic E-state index is 13.3. The van der Waals surface area contributed by atoms with Gasteiger partial charge in [0.25, 0.3) is 5.69 Å². The van der Waals surface area contributed by atoms with Gasteiger partial charge in [0.2, 0.25) is 0 Å². The first-order chi connectivity index (χ1) is 9.97. The van der Waals surface area contributed by atoms with E-state index in [1.54, 1.807) is 0 Å². The molecule has 2 aromatic rings. The van der Waals surface area contributed by atoms with Crippen molar-refractivity contribution in [1.29, 1.82) is 0 Å². The molecule has 7 heteroatoms. The highest BCUT2D eigenvalue weighted by atomic mass is 19.1. The molecule has 1 heterocycles. The lowest BCUT2D eigenvalue weighted by Gasteiger charge is -2.05. The highest BCUT2D eigenvalue weighted by molar-refractivity contribution is 5.68. The fourth-order valence-corrected chi connectivity index (χ4v) is 1.88. The zero-order valence-corrected chi connectivity index (χ0v) is 11.8. The Morgan fingerprint density at radius 3 is 2.90 bits per heavy atom. The number of aromatic nitrogens is 1. The molecule has 0 aliphatic rings. The highest BCUT2D eigenvalue weighted by Gasteiger charge is 2.19. The first-order valence-electron chi connectivity index (χ1n) is 6.59. The van der Waals surface area contributed by atoms with Crippen molar-refractivity contribution in [3.05, 3.63) is 46.2 Å². The molecule has 0 aliphatic heterocycles. The summed E-state index contributed by atoms with van der Waals surface area (Å²) in [6.45, 7) is 4.73. The van der Waals surface area contributed by atoms with E-state index >= 15 is 0 Å². The van der Waals surface area contributed by atoms with Gasteiger partial charge in [-0.25, -0.2) is 9.37 Å². The largest absolute Gasteiger partial charge is 0.440 e. The number of nitrogens with zero attached hydrogens (tertiary/aromatic N) is 2. The number of rotatable bonds is 6. The summed E-state index contributed by atoms with van der Waals surface area (Å²) in [7, 11) is 0. The first kappa shape index (κ1) is 15.1. The van der Waals surface area contributed by atoms with Gasteiger partial charge in [-0.2, -0.15) is 0 Å². The van der Waals surface area contributed by atoms with Crippen LogP contribution in [0.15, 0.2) is 28.8 Å². The summed E-state index contributed by atoms with van der Waals surface area (Å²) in [5.74, 6) is 0.0903. The quantitative estimate of drug-likeness (QED) is 0.654. The van der Waals surface area contributed by atoms with Gasteiger partial charge in [0.15, 0.2) is 11.7 Å². The molecule has 0 spiro atoms. The Kier molecular flexibility index (Phi) is 4.64. The number of nitro groups is 1. The second-order valence-corrected chi connectivity index (χ2v) is 4.90. The Bertz CT molecular complexity index is 640. The van der Waals surface area contributed by atoms with Crippen molar-refractivity contribution in [2.45, 2.75) is 26.3 Å². The van der Waals surface area contributed by atoms with E-state index in [2.05, 4.69) is 10.3 Å². The number of nitrogens with one attached hydrogen (secondary N) is 1. The van der Waals surface area contributed by atoms with Crippen molar-refractivity contribution >= 4 is 5.69 Å². The summed E-state index contributed by atoms with van der Waals surface area (Å²) in [6.07, 6.45) is 1.94. The van der Waals surface area contributed by atoms with Crippen molar-refractivity contribution in [3.8, 4) is 11.3 Å². The fraction of sp³-hybridized carbons (Fsp3) is 0.357. The lowest BCUT2D eigenvalue weighted by molar-refractivity contribution is -0.384. The number of hydrogen-bond acceptors (Lipinski definition) is 5. The van der Waals surface area contributed by atoms with Crippen LogP contribution >= 0.6 is 0 Å². The summed E-state index contributed by atoms with van der Waals surface area (Å²) < 4.78 is 18.8. The van der Waals surface area contributed by atoms with E-state index in [9.17, 15) is 14.5 Å². The van der Waals surface area contributed by atoms with E-state index < -0.39 is 10.7 Å². The van der Waals surface area contributed by atoms with Crippen LogP contribution in [0.3, 0.4) is 0 Å². The van der Waals surface area contributed by atoms with Crippen LogP contribution in [0, 0.1) is 15.9 Å². The van der Waals surface area contributed by atoms with Gasteiger partial charge in [-0.05, 0) is 12.1 Å². The summed E-state index contributed by atoms with van der Waals surface area (Å²) >= 11 is 0. The van der Waals surface area contributed by atoms with E-state index in [0.717, 1.165) is 18.2 Å². The molecule has 0 radical (unpaired) electrons. The van der Waals surface area contributed by atoms with Crippen molar-refractivity contribution in [2.24, 2.45) is 0 Å². The van der Waals surface area contributed by atoms with Crippen LogP contribution in [0.5, 0.6) is 0 Å². The van der Waals surface area contributed by atoms with Gasteiger partial charge in [0.05, 0.1) is 16.7 Å². The Labute approximate surface area is 121 Å². The van der Waals surface area contributed by atoms with Crippen LogP contribution in [0.4, 0.5) is 10.1 Å². The second-order valence-electron chi connectivity index (χ2n) is 4.90. The SMILES string of the molecule is CC(C)NCCc1ncc(-c2cc(F)ccc2[N+](=O)[O-])o1. The molecule has 21 heavy (non-hydrogen) atoms. The van der Waals surface area contributed by atoms with Crippen molar-refractivity contribution < 1.29 is 13.7 Å². The third kappa shape index (κ3) is 3.85. The predicted molar refractivity (Wildman–Crippen MR) is 75.4 cm³/mol. The minimum atomic E-state index is -0.572. The van der Waals surface area contributed by atoms with Gasteiger partial charge in [0.1, 0.15) is 5.82 Å². The van der Waals surface area contributed by atoms with Gasteiger partial charge in [0, 0.05) is 25.1 Å². The van der Waals surface area contributed by atoms with E-state index in [-0.39, 0.29) is 17.0 Å². The number of benzene rings is 1. The summed E-state index contributed by atoms with van der Waals surface area (Å²) in [5, 5.41) is 14.2. The Morgan fingerprint density at radius 1 is 1.48 bits per heavy atom. The Hall–Kier alpha value is -2.28. The van der Waals surface area contributed by atoms with E-state index in [1.165, 1.54) is 6.20 Å². The molecule has 0 unspecified atom stereocenters. The van der Waals surface area contributed by atoms with Crippen molar-refractivity contribution in [1.82, 2.24) is 10.3 Å². The van der Waals surface area contributed by atoms with Gasteiger partial charge in [-0.3, -0.25) is 10.1 Å². The topological polar surface area (TPSA) is 81.2 Å². The molecule has 6 nitrogen and oxygen atoms in total. The number of hydrogen-bond donors (Lipinski definition) is 1. The molecule has 0 fully saturated rings. The van der Waals surface area contributed by atoms with Crippen LogP contribution in [-0.2, 0) is 6.42 Å². The Morgan fingerprint density at radius 2 is 2.24 bits per heavy atom. The average Bonchev–Trinajstić information content (AvgIpc) is 2.86. The zero-order chi connectivity index (χ0) is 15.4. The number of oxazole rings is 1. The molecular formula is C14H16FN3O3. The number of halogens is 1. The van der Waals surface area contributed by atoms with Crippen LogP contribution in [-0.4, -0.2) is 22.5 Å². The minimum absolute atomic E-state index is 0.0931. The van der Waals surface area contributed by atoms with Crippen LogP contribution in [0.25, 0.3) is 11.3 Å². The molecule has 112 valence electrons. The van der Waals surface area contributed by atoms with Crippen LogP contribution < -0.4 is 5.32 Å². The summed E-state index contributed by atoms with van der Waals surface area (Å²) in [5.41, 5.74) is -0.116. The third-order valence-electron chi connectivity index (χ3n) is 2.87. The van der Waals surface area contributed by atoms with E-state index in [4.69, 9.17) is 4.42 Å². The molecule has 1 N–H and O–H groups in total. The van der Waals surface area contributed by atoms with Gasteiger partial charge in [-0.1, -0.05) is 13.8 Å². The molecule has 1 aromatic heterocycles. The average molecular weight is 293 g/mol. The summed E-state index contributed by atoms with van der Waals surface area (Å²) in [4.78, 5) is 14.5. The lowest BCUT2D eigenvalue weighted by atomic mass is 10.1. The predicted octanol–water partition coefficient (Wildman–Crippen LogP) is 2.93. The molecule has 0 atom stereocenters. The lowest BCUT2D eigenvalue weighted by Crippen LogP contribution is -2.24. The van der Waals surface area contributed by atoms with Gasteiger partial charge in [-0.15, -0.1) is 0 Å². The molecule has 0 saturated heterocycles. The molecular weight excluding hydrogens is 277 g/mol. The Balaban J connectivity index is 2.21. The third-order valence-corrected chi connectivity index (χ3v) is 2.87. The monoisotopic (exact) mass is 293 g/mol. The maximum atomic E-state index is 13.3. The van der Waals surface area contributed by atoms with Gasteiger partial charge >= 0.3 is 0 Å². The van der Waals surface area contributed by atoms with Crippen molar-refractivity contribution in [3.63, 3.8) is 0 Å². The zero-order valence-electron chi connectivity index (χ0n) is 11.8. The molecule has 1 aromatic carbocycles. The molecule has 0 amide bonds. The van der Waals surface area contributed by atoms with Gasteiger partial charge < -0.3 is 9.73 Å². The first-order valence-corrected chi connectivity index (χ1v) is 6.59. The van der Waals surface area contributed by atoms with Crippen molar-refractivity contribution in [2.75, 3.05) is 6.54 Å². The molecule has 0 saturated carbocycles.